The fourth-order valence-corrected chi connectivity index (χ4v) is 2.27. The minimum absolute atomic E-state index is 0.104. The Labute approximate surface area is 104 Å². The molecule has 1 fully saturated rings. The molecular weight excluding hydrogens is 212 g/mol. The first-order valence-electron chi connectivity index (χ1n) is 6.45. The zero-order chi connectivity index (χ0) is 12.8. The summed E-state index contributed by atoms with van der Waals surface area (Å²) in [5.74, 6) is 1.74. The van der Waals surface area contributed by atoms with Gasteiger partial charge in [0.2, 0.25) is 0 Å². The molecule has 0 bridgehead atoms. The Morgan fingerprint density at radius 2 is 2.00 bits per heavy atom. The average Bonchev–Trinajstić information content (AvgIpc) is 3.01. The second-order valence-corrected chi connectivity index (χ2v) is 6.01. The van der Waals surface area contributed by atoms with Gasteiger partial charge in [-0.1, -0.05) is 0 Å². The van der Waals surface area contributed by atoms with Crippen molar-refractivity contribution in [1.29, 1.82) is 0 Å². The van der Waals surface area contributed by atoms with E-state index in [1.165, 1.54) is 12.8 Å². The summed E-state index contributed by atoms with van der Waals surface area (Å²) in [6, 6.07) is 0.323. The number of nitrogen functional groups attached to an aromatic ring is 1. The molecule has 0 saturated heterocycles. The summed E-state index contributed by atoms with van der Waals surface area (Å²) in [6.45, 7) is 10.7. The predicted octanol–water partition coefficient (Wildman–Crippen LogP) is 2.96. The van der Waals surface area contributed by atoms with E-state index in [1.807, 2.05) is 11.6 Å². The molecule has 1 saturated carbocycles. The van der Waals surface area contributed by atoms with E-state index >= 15 is 0 Å². The third-order valence-corrected chi connectivity index (χ3v) is 3.66. The Morgan fingerprint density at radius 1 is 1.41 bits per heavy atom. The smallest absolute Gasteiger partial charge is 0.148 e. The molecule has 0 atom stereocenters. The minimum atomic E-state index is 0.104. The minimum Gasteiger partial charge on any atom is -0.394 e. The molecule has 96 valence electrons. The Balaban J connectivity index is 2.30. The van der Waals surface area contributed by atoms with Crippen molar-refractivity contribution in [2.24, 2.45) is 5.92 Å². The van der Waals surface area contributed by atoms with Gasteiger partial charge < -0.3 is 11.1 Å². The van der Waals surface area contributed by atoms with Crippen molar-refractivity contribution in [3.63, 3.8) is 0 Å². The molecule has 1 aliphatic rings. The summed E-state index contributed by atoms with van der Waals surface area (Å²) in [4.78, 5) is 0. The van der Waals surface area contributed by atoms with Crippen LogP contribution in [0.4, 0.5) is 11.5 Å². The van der Waals surface area contributed by atoms with Gasteiger partial charge in [-0.15, -0.1) is 0 Å². The lowest BCUT2D eigenvalue weighted by molar-refractivity contribution is 0.473. The number of nitrogens with zero attached hydrogens (tertiary/aromatic N) is 2. The monoisotopic (exact) mass is 236 g/mol. The molecule has 2 rings (SSSR count). The molecule has 0 radical (unpaired) electrons. The fourth-order valence-electron chi connectivity index (χ4n) is 2.27. The molecule has 0 aliphatic heterocycles. The highest BCUT2D eigenvalue weighted by atomic mass is 15.4. The van der Waals surface area contributed by atoms with Gasteiger partial charge in [-0.3, -0.25) is 0 Å². The topological polar surface area (TPSA) is 55.9 Å². The number of hydrogen-bond acceptors (Lipinski definition) is 3. The Kier molecular flexibility index (Phi) is 2.84. The summed E-state index contributed by atoms with van der Waals surface area (Å²) in [6.07, 6.45) is 2.63. The van der Waals surface area contributed by atoms with Crippen LogP contribution in [0.2, 0.25) is 0 Å². The molecule has 1 aromatic rings. The first-order chi connectivity index (χ1) is 7.83. The van der Waals surface area contributed by atoms with Crippen molar-refractivity contribution in [2.45, 2.75) is 59.0 Å². The van der Waals surface area contributed by atoms with E-state index < -0.39 is 0 Å². The van der Waals surface area contributed by atoms with Gasteiger partial charge in [-0.05, 0) is 53.4 Å². The van der Waals surface area contributed by atoms with Crippen molar-refractivity contribution in [2.75, 3.05) is 11.1 Å². The van der Waals surface area contributed by atoms with Crippen LogP contribution in [0.1, 0.15) is 52.3 Å². The number of aromatic nitrogens is 2. The van der Waals surface area contributed by atoms with Crippen molar-refractivity contribution >= 4 is 11.5 Å². The summed E-state index contributed by atoms with van der Waals surface area (Å²) < 4.78 is 1.99. The molecule has 0 unspecified atom stereocenters. The summed E-state index contributed by atoms with van der Waals surface area (Å²) >= 11 is 0. The number of aryl methyl sites for hydroxylation is 1. The lowest BCUT2D eigenvalue weighted by Crippen LogP contribution is -2.34. The summed E-state index contributed by atoms with van der Waals surface area (Å²) in [5.41, 5.74) is 7.92. The Bertz CT molecular complexity index is 413. The van der Waals surface area contributed by atoms with E-state index in [-0.39, 0.29) is 5.54 Å². The molecular formula is C13H24N4. The lowest BCUT2D eigenvalue weighted by atomic mass is 9.99. The number of nitrogens with one attached hydrogen (secondary N) is 1. The van der Waals surface area contributed by atoms with E-state index in [0.717, 1.165) is 23.1 Å². The number of nitrogens with two attached hydrogens (primary N) is 1. The number of hydrogen-bond donors (Lipinski definition) is 2. The second kappa shape index (κ2) is 3.93. The van der Waals surface area contributed by atoms with Gasteiger partial charge in [-0.25, -0.2) is 4.68 Å². The summed E-state index contributed by atoms with van der Waals surface area (Å²) in [5, 5.41) is 8.10. The normalized spacial score (nSPS) is 16.6. The zero-order valence-corrected chi connectivity index (χ0v) is 11.5. The average molecular weight is 236 g/mol. The second-order valence-electron chi connectivity index (χ2n) is 6.01. The van der Waals surface area contributed by atoms with Gasteiger partial charge in [-0.2, -0.15) is 5.10 Å². The van der Waals surface area contributed by atoms with Gasteiger partial charge >= 0.3 is 0 Å². The zero-order valence-electron chi connectivity index (χ0n) is 11.5. The number of anilines is 2. The Hall–Kier alpha value is -1.19. The van der Waals surface area contributed by atoms with Crippen LogP contribution < -0.4 is 11.1 Å². The predicted molar refractivity (Wildman–Crippen MR) is 72.2 cm³/mol. The molecule has 0 aromatic carbocycles. The van der Waals surface area contributed by atoms with Crippen LogP contribution in [0.5, 0.6) is 0 Å². The van der Waals surface area contributed by atoms with E-state index in [2.05, 4.69) is 38.1 Å². The van der Waals surface area contributed by atoms with Crippen molar-refractivity contribution in [3.8, 4) is 0 Å². The summed E-state index contributed by atoms with van der Waals surface area (Å²) in [7, 11) is 0. The quantitative estimate of drug-likeness (QED) is 0.845. The fraction of sp³-hybridized carbons (Fsp3) is 0.769. The highest BCUT2D eigenvalue weighted by Gasteiger charge is 2.38. The first-order valence-corrected chi connectivity index (χ1v) is 6.45. The maximum atomic E-state index is 6.12. The van der Waals surface area contributed by atoms with Gasteiger partial charge in [0.1, 0.15) is 5.82 Å². The molecule has 1 aliphatic carbocycles. The van der Waals surface area contributed by atoms with Crippen LogP contribution in [0.3, 0.4) is 0 Å². The van der Waals surface area contributed by atoms with Crippen LogP contribution in [0.15, 0.2) is 0 Å². The van der Waals surface area contributed by atoms with Gasteiger partial charge in [0.15, 0.2) is 0 Å². The van der Waals surface area contributed by atoms with Gasteiger partial charge in [0, 0.05) is 11.6 Å². The maximum Gasteiger partial charge on any atom is 0.148 e. The van der Waals surface area contributed by atoms with E-state index in [4.69, 9.17) is 5.73 Å². The molecule has 17 heavy (non-hydrogen) atoms. The lowest BCUT2D eigenvalue weighted by Gasteiger charge is -2.28. The van der Waals surface area contributed by atoms with Crippen LogP contribution in [-0.4, -0.2) is 15.3 Å². The number of rotatable bonds is 4. The van der Waals surface area contributed by atoms with E-state index in [9.17, 15) is 0 Å². The third-order valence-electron chi connectivity index (χ3n) is 3.66. The van der Waals surface area contributed by atoms with Gasteiger partial charge in [0.05, 0.1) is 11.4 Å². The molecule has 4 heteroatoms. The highest BCUT2D eigenvalue weighted by molar-refractivity contribution is 5.66. The van der Waals surface area contributed by atoms with Crippen LogP contribution in [-0.2, 0) is 0 Å². The van der Waals surface area contributed by atoms with Crippen LogP contribution in [0.25, 0.3) is 0 Å². The largest absolute Gasteiger partial charge is 0.394 e. The highest BCUT2D eigenvalue weighted by Crippen LogP contribution is 2.42. The SMILES string of the molecule is Cc1nn(C(C)C)c(NC(C)(C)C2CC2)c1N. The van der Waals surface area contributed by atoms with Crippen LogP contribution >= 0.6 is 0 Å². The molecule has 4 nitrogen and oxygen atoms in total. The molecule has 0 amide bonds. The Morgan fingerprint density at radius 3 is 2.47 bits per heavy atom. The molecule has 3 N–H and O–H groups in total. The maximum absolute atomic E-state index is 6.12. The first kappa shape index (κ1) is 12.3. The molecule has 1 aromatic heterocycles. The van der Waals surface area contributed by atoms with Crippen molar-refractivity contribution < 1.29 is 0 Å². The molecule has 0 spiro atoms. The van der Waals surface area contributed by atoms with Gasteiger partial charge in [0.25, 0.3) is 0 Å². The van der Waals surface area contributed by atoms with E-state index in [1.54, 1.807) is 0 Å². The van der Waals surface area contributed by atoms with Crippen molar-refractivity contribution in [1.82, 2.24) is 9.78 Å². The van der Waals surface area contributed by atoms with Crippen molar-refractivity contribution in [3.05, 3.63) is 5.69 Å². The third kappa shape index (κ3) is 2.26. The standard InChI is InChI=1S/C13H24N4/c1-8(2)17-12(11(14)9(3)16-17)15-13(4,5)10-6-7-10/h8,10,15H,6-7,14H2,1-5H3. The molecule has 1 heterocycles. The van der Waals surface area contributed by atoms with Crippen LogP contribution in [0, 0.1) is 12.8 Å². The van der Waals surface area contributed by atoms with E-state index in [0.29, 0.717) is 6.04 Å².